The summed E-state index contributed by atoms with van der Waals surface area (Å²) >= 11 is 0. The highest BCUT2D eigenvalue weighted by atomic mass is 32.2. The zero-order valence-electron chi connectivity index (χ0n) is 18.7. The molecular formula is C22H20F7NO6S. The first kappa shape index (κ1) is 28.7. The molecule has 204 valence electrons. The van der Waals surface area contributed by atoms with Crippen molar-refractivity contribution >= 4 is 15.7 Å². The molecule has 0 atom stereocenters. The van der Waals surface area contributed by atoms with E-state index >= 15 is 0 Å². The van der Waals surface area contributed by atoms with Gasteiger partial charge in [-0.2, -0.15) is 22.0 Å². The van der Waals surface area contributed by atoms with Crippen molar-refractivity contribution in [1.82, 2.24) is 5.48 Å². The van der Waals surface area contributed by atoms with E-state index in [1.54, 1.807) is 0 Å². The fourth-order valence-electron chi connectivity index (χ4n) is 3.77. The van der Waals surface area contributed by atoms with Crippen molar-refractivity contribution in [2.75, 3.05) is 19.8 Å². The summed E-state index contributed by atoms with van der Waals surface area (Å²) in [7, 11) is -4.38. The molecule has 0 saturated carbocycles. The molecule has 0 radical (unpaired) electrons. The third kappa shape index (κ3) is 5.67. The highest BCUT2D eigenvalue weighted by Crippen LogP contribution is 2.40. The van der Waals surface area contributed by atoms with E-state index in [4.69, 9.17) is 9.94 Å². The molecule has 2 N–H and O–H groups in total. The Bertz CT molecular complexity index is 1230. The van der Waals surface area contributed by atoms with Crippen LogP contribution in [0.4, 0.5) is 30.7 Å². The fraction of sp³-hybridized carbons (Fsp3) is 0.409. The average molecular weight is 559 g/mol. The van der Waals surface area contributed by atoms with Crippen molar-refractivity contribution < 1.29 is 58.6 Å². The van der Waals surface area contributed by atoms with Crippen LogP contribution in [-0.2, 0) is 25.5 Å². The maximum atomic E-state index is 13.5. The molecule has 37 heavy (non-hydrogen) atoms. The molecule has 0 aromatic heterocycles. The Labute approximate surface area is 206 Å². The Balaban J connectivity index is 1.95. The van der Waals surface area contributed by atoms with Crippen molar-refractivity contribution in [3.8, 4) is 16.9 Å². The largest absolute Gasteiger partial charge is 0.486 e. The van der Waals surface area contributed by atoms with Gasteiger partial charge >= 0.3 is 18.5 Å². The second-order valence-electron chi connectivity index (χ2n) is 8.13. The minimum absolute atomic E-state index is 0.0668. The zero-order valence-corrected chi connectivity index (χ0v) is 19.5. The zero-order chi connectivity index (χ0) is 27.6. The topological polar surface area (TPSA) is 102 Å². The monoisotopic (exact) mass is 559 g/mol. The third-order valence-corrected chi connectivity index (χ3v) is 8.37. The fourth-order valence-corrected chi connectivity index (χ4v) is 5.71. The molecule has 1 heterocycles. The first-order chi connectivity index (χ1) is 17.2. The number of carbonyl (C=O) groups excluding carboxylic acids is 1. The SMILES string of the molecule is O=C(NO)C1(S(=O)(=O)c2ccc(-c3ccc(OCC(F)(F)C(F)F)c(C(F)(F)F)c3)cc2)CCOCC1. The summed E-state index contributed by atoms with van der Waals surface area (Å²) in [6.07, 6.45) is -9.73. The molecule has 0 spiro atoms. The van der Waals surface area contributed by atoms with Crippen molar-refractivity contribution in [3.05, 3.63) is 48.0 Å². The van der Waals surface area contributed by atoms with Crippen LogP contribution in [0, 0.1) is 0 Å². The summed E-state index contributed by atoms with van der Waals surface area (Å²) in [5.74, 6) is -6.91. The van der Waals surface area contributed by atoms with Gasteiger partial charge in [-0.25, -0.2) is 22.7 Å². The van der Waals surface area contributed by atoms with Gasteiger partial charge in [0.1, 0.15) is 5.75 Å². The van der Waals surface area contributed by atoms with E-state index in [-0.39, 0.29) is 42.1 Å². The summed E-state index contributed by atoms with van der Waals surface area (Å²) in [5, 5.41) is 9.09. The summed E-state index contributed by atoms with van der Waals surface area (Å²) in [6, 6.07) is 6.73. The average Bonchev–Trinajstić information content (AvgIpc) is 2.86. The van der Waals surface area contributed by atoms with Gasteiger partial charge in [-0.3, -0.25) is 10.0 Å². The normalized spacial score (nSPS) is 16.5. The first-order valence-corrected chi connectivity index (χ1v) is 12.0. The number of amides is 1. The second kappa shape index (κ2) is 10.5. The van der Waals surface area contributed by atoms with Crippen molar-refractivity contribution in [2.24, 2.45) is 0 Å². The number of nitrogens with one attached hydrogen (secondary N) is 1. The first-order valence-electron chi connectivity index (χ1n) is 10.5. The van der Waals surface area contributed by atoms with Crippen LogP contribution in [0.15, 0.2) is 47.4 Å². The Morgan fingerprint density at radius 1 is 1.03 bits per heavy atom. The number of benzene rings is 2. The quantitative estimate of drug-likeness (QED) is 0.281. The Morgan fingerprint density at radius 2 is 1.59 bits per heavy atom. The molecule has 0 bridgehead atoms. The second-order valence-corrected chi connectivity index (χ2v) is 10.4. The van der Waals surface area contributed by atoms with E-state index in [2.05, 4.69) is 4.74 Å². The van der Waals surface area contributed by atoms with Crippen LogP contribution in [0.5, 0.6) is 5.75 Å². The lowest BCUT2D eigenvalue weighted by Crippen LogP contribution is -2.54. The molecule has 2 aromatic carbocycles. The van der Waals surface area contributed by atoms with Crippen LogP contribution >= 0.6 is 0 Å². The Morgan fingerprint density at radius 3 is 2.11 bits per heavy atom. The number of hydrogen-bond donors (Lipinski definition) is 2. The molecule has 1 fully saturated rings. The highest BCUT2D eigenvalue weighted by molar-refractivity contribution is 7.93. The van der Waals surface area contributed by atoms with E-state index in [1.807, 2.05) is 0 Å². The predicted octanol–water partition coefficient (Wildman–Crippen LogP) is 4.48. The van der Waals surface area contributed by atoms with E-state index < -0.39 is 56.9 Å². The number of ether oxygens (including phenoxy) is 2. The van der Waals surface area contributed by atoms with Crippen molar-refractivity contribution in [2.45, 2.75) is 41.0 Å². The van der Waals surface area contributed by atoms with Crippen LogP contribution in [0.3, 0.4) is 0 Å². The standard InChI is InChI=1S/C22H20F7NO6S/c23-18(24)21(25,26)12-36-17-6-3-14(11-16(17)22(27,28)29)13-1-4-15(5-2-13)37(33,34)20(19(31)30-32)7-9-35-10-8-20/h1-6,11,18,32H,7-10,12H2,(H,30,31). The van der Waals surface area contributed by atoms with E-state index in [0.29, 0.717) is 12.1 Å². The lowest BCUT2D eigenvalue weighted by atomic mass is 9.98. The summed E-state index contributed by atoms with van der Waals surface area (Å²) in [4.78, 5) is 12.0. The number of halogens is 7. The number of sulfone groups is 1. The van der Waals surface area contributed by atoms with E-state index in [0.717, 1.165) is 30.3 Å². The number of alkyl halides is 7. The van der Waals surface area contributed by atoms with Gasteiger partial charge < -0.3 is 9.47 Å². The van der Waals surface area contributed by atoms with Crippen LogP contribution < -0.4 is 10.2 Å². The molecule has 3 rings (SSSR count). The van der Waals surface area contributed by atoms with Gasteiger partial charge in [-0.15, -0.1) is 0 Å². The minimum Gasteiger partial charge on any atom is -0.486 e. The summed E-state index contributed by atoms with van der Waals surface area (Å²) in [5.41, 5.74) is -0.176. The van der Waals surface area contributed by atoms with E-state index in [1.165, 1.54) is 5.48 Å². The molecule has 1 aliphatic rings. The number of hydroxylamine groups is 1. The van der Waals surface area contributed by atoms with Gasteiger partial charge in [-0.05, 0) is 48.2 Å². The maximum Gasteiger partial charge on any atom is 0.419 e. The molecule has 0 unspecified atom stereocenters. The Kier molecular flexibility index (Phi) is 8.10. The van der Waals surface area contributed by atoms with Crippen LogP contribution in [-0.4, -0.2) is 56.4 Å². The molecule has 15 heteroatoms. The third-order valence-electron chi connectivity index (χ3n) is 5.85. The molecule has 1 saturated heterocycles. The molecule has 7 nitrogen and oxygen atoms in total. The molecule has 1 aliphatic heterocycles. The van der Waals surface area contributed by atoms with Gasteiger partial charge in [0.05, 0.1) is 10.5 Å². The maximum absolute atomic E-state index is 13.5. The van der Waals surface area contributed by atoms with Crippen molar-refractivity contribution in [3.63, 3.8) is 0 Å². The summed E-state index contributed by atoms with van der Waals surface area (Å²) < 4.78 is 126. The van der Waals surface area contributed by atoms with Crippen molar-refractivity contribution in [1.29, 1.82) is 0 Å². The van der Waals surface area contributed by atoms with Crippen LogP contribution in [0.1, 0.15) is 18.4 Å². The predicted molar refractivity (Wildman–Crippen MR) is 113 cm³/mol. The lowest BCUT2D eigenvalue weighted by molar-refractivity contribution is -0.153. The highest BCUT2D eigenvalue weighted by Gasteiger charge is 2.52. The Hall–Kier alpha value is -2.91. The number of hydrogen-bond acceptors (Lipinski definition) is 6. The smallest absolute Gasteiger partial charge is 0.419 e. The van der Waals surface area contributed by atoms with Crippen LogP contribution in [0.25, 0.3) is 11.1 Å². The molecule has 1 amide bonds. The van der Waals surface area contributed by atoms with Gasteiger partial charge in [0.15, 0.2) is 21.2 Å². The van der Waals surface area contributed by atoms with E-state index in [9.17, 15) is 43.9 Å². The van der Waals surface area contributed by atoms with Gasteiger partial charge in [0.25, 0.3) is 5.91 Å². The molecule has 2 aromatic rings. The van der Waals surface area contributed by atoms with Crippen LogP contribution in [0.2, 0.25) is 0 Å². The minimum atomic E-state index is -5.10. The van der Waals surface area contributed by atoms with Gasteiger partial charge in [0, 0.05) is 13.2 Å². The van der Waals surface area contributed by atoms with Gasteiger partial charge in [-0.1, -0.05) is 18.2 Å². The van der Waals surface area contributed by atoms with Gasteiger partial charge in [0.2, 0.25) is 0 Å². The number of carbonyl (C=O) groups is 1. The number of rotatable bonds is 8. The lowest BCUT2D eigenvalue weighted by Gasteiger charge is -2.34. The molecule has 0 aliphatic carbocycles. The molecular weight excluding hydrogens is 539 g/mol. The summed E-state index contributed by atoms with van der Waals surface area (Å²) in [6.45, 7) is -2.11.